The third-order valence-corrected chi connectivity index (χ3v) is 6.56. The maximum atomic E-state index is 11.9. The Morgan fingerprint density at radius 2 is 2.28 bits per heavy atom. The van der Waals surface area contributed by atoms with Crippen molar-refractivity contribution in [1.82, 2.24) is 25.5 Å². The highest BCUT2D eigenvalue weighted by atomic mass is 32.1. The third-order valence-electron chi connectivity index (χ3n) is 5.50. The molecule has 1 aliphatic heterocycles. The lowest BCUT2D eigenvalue weighted by molar-refractivity contribution is -0.136. The molecule has 4 heterocycles. The topological polar surface area (TPSA) is 116 Å². The van der Waals surface area contributed by atoms with Gasteiger partial charge in [0.2, 0.25) is 5.95 Å². The zero-order chi connectivity index (χ0) is 22.3. The summed E-state index contributed by atoms with van der Waals surface area (Å²) in [7, 11) is 0. The van der Waals surface area contributed by atoms with Crippen molar-refractivity contribution in [3.05, 3.63) is 47.1 Å². The Morgan fingerprint density at radius 3 is 3.12 bits per heavy atom. The summed E-state index contributed by atoms with van der Waals surface area (Å²) in [4.78, 5) is 24.4. The van der Waals surface area contributed by atoms with Crippen molar-refractivity contribution in [2.75, 3.05) is 24.6 Å². The summed E-state index contributed by atoms with van der Waals surface area (Å²) in [6.45, 7) is 5.21. The molecule has 3 aromatic heterocycles. The second-order valence-corrected chi connectivity index (χ2v) is 9.53. The van der Waals surface area contributed by atoms with Gasteiger partial charge in [-0.25, -0.2) is 9.97 Å². The van der Waals surface area contributed by atoms with Crippen LogP contribution >= 0.6 is 11.3 Å². The molecule has 1 atom stereocenters. The summed E-state index contributed by atoms with van der Waals surface area (Å²) in [6.07, 6.45) is 3.56. The number of carbonyl (C=O) groups excluding carboxylic acids is 1. The van der Waals surface area contributed by atoms with Crippen molar-refractivity contribution in [2.24, 2.45) is 0 Å². The van der Waals surface area contributed by atoms with Gasteiger partial charge in [-0.2, -0.15) is 5.10 Å². The van der Waals surface area contributed by atoms with Crippen LogP contribution in [0.5, 0.6) is 0 Å². The fraction of sp³-hybridized carbons (Fsp3) is 0.364. The van der Waals surface area contributed by atoms with Gasteiger partial charge in [-0.15, -0.1) is 11.3 Å². The standard InChI is InChI=1S/C22H24N6O3S/c1-22(2,30)20(29)23-9-13-8-17-19(32-13)11-24-21(26-17)28-6-7-31-18(12-28)14-4-3-5-16-15(14)10-25-27-16/h3-5,8,10-11,18,30H,6-7,9,12H2,1-2H3,(H,23,29)(H,25,27). The van der Waals surface area contributed by atoms with E-state index in [0.717, 1.165) is 31.6 Å². The van der Waals surface area contributed by atoms with Gasteiger partial charge in [-0.3, -0.25) is 9.89 Å². The number of amides is 1. The predicted octanol–water partition coefficient (Wildman–Crippen LogP) is 2.53. The molecule has 1 aromatic carbocycles. The normalized spacial score (nSPS) is 17.2. The highest BCUT2D eigenvalue weighted by Gasteiger charge is 2.26. The van der Waals surface area contributed by atoms with E-state index in [0.29, 0.717) is 32.2 Å². The molecule has 3 N–H and O–H groups in total. The first-order chi connectivity index (χ1) is 15.4. The summed E-state index contributed by atoms with van der Waals surface area (Å²) < 4.78 is 7.02. The van der Waals surface area contributed by atoms with Crippen molar-refractivity contribution < 1.29 is 14.6 Å². The minimum Gasteiger partial charge on any atom is -0.381 e. The first-order valence-electron chi connectivity index (χ1n) is 10.4. The molecule has 9 nitrogen and oxygen atoms in total. The number of morpholine rings is 1. The number of hydrogen-bond donors (Lipinski definition) is 3. The zero-order valence-corrected chi connectivity index (χ0v) is 18.6. The molecule has 1 amide bonds. The molecule has 32 heavy (non-hydrogen) atoms. The number of benzene rings is 1. The second kappa shape index (κ2) is 8.12. The van der Waals surface area contributed by atoms with Crippen molar-refractivity contribution in [3.63, 3.8) is 0 Å². The molecule has 10 heteroatoms. The maximum Gasteiger partial charge on any atom is 0.251 e. The van der Waals surface area contributed by atoms with Crippen molar-refractivity contribution in [1.29, 1.82) is 0 Å². The van der Waals surface area contributed by atoms with Gasteiger partial charge in [-0.05, 0) is 31.5 Å². The van der Waals surface area contributed by atoms with Crippen LogP contribution in [-0.2, 0) is 16.1 Å². The van der Waals surface area contributed by atoms with Gasteiger partial charge in [0.1, 0.15) is 11.7 Å². The molecule has 0 saturated carbocycles. The molecule has 166 valence electrons. The van der Waals surface area contributed by atoms with Crippen LogP contribution in [0.1, 0.15) is 30.4 Å². The minimum atomic E-state index is -1.41. The lowest BCUT2D eigenvalue weighted by Crippen LogP contribution is -2.41. The Balaban J connectivity index is 1.34. The highest BCUT2D eigenvalue weighted by Crippen LogP contribution is 2.31. The molecule has 1 fully saturated rings. The van der Waals surface area contributed by atoms with E-state index in [1.807, 2.05) is 30.6 Å². The number of fused-ring (bicyclic) bond motifs is 2. The zero-order valence-electron chi connectivity index (χ0n) is 17.8. The van der Waals surface area contributed by atoms with Crippen LogP contribution in [0.15, 0.2) is 36.7 Å². The van der Waals surface area contributed by atoms with Crippen LogP contribution in [0.2, 0.25) is 0 Å². The lowest BCUT2D eigenvalue weighted by Gasteiger charge is -2.33. The first kappa shape index (κ1) is 20.8. The average molecular weight is 453 g/mol. The number of aromatic nitrogens is 4. The van der Waals surface area contributed by atoms with E-state index < -0.39 is 11.5 Å². The molecule has 0 aliphatic carbocycles. The summed E-state index contributed by atoms with van der Waals surface area (Å²) in [5, 5.41) is 20.8. The SMILES string of the molecule is CC(C)(O)C(=O)NCc1cc2nc(N3CCOC(c4cccc5[nH]ncc45)C3)ncc2s1. The van der Waals surface area contributed by atoms with Crippen molar-refractivity contribution in [2.45, 2.75) is 32.1 Å². The monoisotopic (exact) mass is 452 g/mol. The van der Waals surface area contributed by atoms with E-state index in [9.17, 15) is 9.90 Å². The molecule has 1 unspecified atom stereocenters. The Hall–Kier alpha value is -3.08. The summed E-state index contributed by atoms with van der Waals surface area (Å²) in [5.74, 6) is 0.253. The summed E-state index contributed by atoms with van der Waals surface area (Å²) in [5.41, 5.74) is 1.52. The van der Waals surface area contributed by atoms with Crippen LogP contribution in [0.4, 0.5) is 5.95 Å². The fourth-order valence-corrected chi connectivity index (χ4v) is 4.71. The van der Waals surface area contributed by atoms with E-state index in [2.05, 4.69) is 31.5 Å². The number of ether oxygens (including phenoxy) is 1. The molecule has 5 rings (SSSR count). The highest BCUT2D eigenvalue weighted by molar-refractivity contribution is 7.18. The largest absolute Gasteiger partial charge is 0.381 e. The van der Waals surface area contributed by atoms with Gasteiger partial charge < -0.3 is 20.1 Å². The van der Waals surface area contributed by atoms with Crippen LogP contribution in [0.3, 0.4) is 0 Å². The average Bonchev–Trinajstić information content (AvgIpc) is 3.42. The Morgan fingerprint density at radius 1 is 1.41 bits per heavy atom. The van der Waals surface area contributed by atoms with Crippen LogP contribution < -0.4 is 10.2 Å². The van der Waals surface area contributed by atoms with Crippen LogP contribution in [0.25, 0.3) is 21.1 Å². The van der Waals surface area contributed by atoms with E-state index in [1.54, 1.807) is 0 Å². The number of nitrogens with one attached hydrogen (secondary N) is 2. The lowest BCUT2D eigenvalue weighted by atomic mass is 10.0. The van der Waals surface area contributed by atoms with E-state index in [-0.39, 0.29) is 6.10 Å². The van der Waals surface area contributed by atoms with Crippen molar-refractivity contribution >= 4 is 44.3 Å². The maximum absolute atomic E-state index is 11.9. The number of rotatable bonds is 5. The summed E-state index contributed by atoms with van der Waals surface area (Å²) in [6, 6.07) is 8.04. The smallest absolute Gasteiger partial charge is 0.251 e. The van der Waals surface area contributed by atoms with Gasteiger partial charge in [-0.1, -0.05) is 12.1 Å². The second-order valence-electron chi connectivity index (χ2n) is 8.36. The van der Waals surface area contributed by atoms with Gasteiger partial charge in [0.15, 0.2) is 0 Å². The predicted molar refractivity (Wildman–Crippen MR) is 123 cm³/mol. The number of nitrogens with zero attached hydrogens (tertiary/aromatic N) is 4. The number of aromatic amines is 1. The number of thiophene rings is 1. The van der Waals surface area contributed by atoms with Crippen LogP contribution in [-0.4, -0.2) is 56.5 Å². The summed E-state index contributed by atoms with van der Waals surface area (Å²) >= 11 is 1.53. The molecule has 0 bridgehead atoms. The number of H-pyrrole nitrogens is 1. The molecular formula is C22H24N6O3S. The molecular weight excluding hydrogens is 428 g/mol. The van der Waals surface area contributed by atoms with Gasteiger partial charge in [0.25, 0.3) is 5.91 Å². The molecule has 0 radical (unpaired) electrons. The molecule has 1 aliphatic rings. The van der Waals surface area contributed by atoms with E-state index in [4.69, 9.17) is 9.72 Å². The van der Waals surface area contributed by atoms with E-state index >= 15 is 0 Å². The Bertz CT molecular complexity index is 1280. The van der Waals surface area contributed by atoms with Gasteiger partial charge >= 0.3 is 0 Å². The van der Waals surface area contributed by atoms with Crippen LogP contribution in [0, 0.1) is 0 Å². The molecule has 4 aromatic rings. The number of carbonyl (C=O) groups is 1. The quantitative estimate of drug-likeness (QED) is 0.426. The van der Waals surface area contributed by atoms with Crippen molar-refractivity contribution in [3.8, 4) is 0 Å². The number of anilines is 1. The molecule has 1 saturated heterocycles. The number of aliphatic hydroxyl groups is 1. The van der Waals surface area contributed by atoms with Gasteiger partial charge in [0.05, 0.1) is 47.8 Å². The third kappa shape index (κ3) is 4.04. The van der Waals surface area contributed by atoms with E-state index in [1.165, 1.54) is 25.2 Å². The van der Waals surface area contributed by atoms with Gasteiger partial charge in [0, 0.05) is 16.8 Å². The first-order valence-corrected chi connectivity index (χ1v) is 11.2. The Kier molecular flexibility index (Phi) is 5.28. The molecule has 0 spiro atoms. The Labute approximate surface area is 188 Å². The number of hydrogen-bond acceptors (Lipinski definition) is 8. The fourth-order valence-electron chi connectivity index (χ4n) is 3.79. The minimum absolute atomic E-state index is 0.0977.